The Morgan fingerprint density at radius 1 is 1.00 bits per heavy atom. The van der Waals surface area contributed by atoms with E-state index in [-0.39, 0.29) is 0 Å². The van der Waals surface area contributed by atoms with Gasteiger partial charge in [0, 0.05) is 0 Å². The van der Waals surface area contributed by atoms with E-state index in [2.05, 4.69) is 11.8 Å². The van der Waals surface area contributed by atoms with Gasteiger partial charge in [0.15, 0.2) is 0 Å². The first-order chi connectivity index (χ1) is 8.81. The van der Waals surface area contributed by atoms with Gasteiger partial charge in [-0.15, -0.1) is 0 Å². The molecular weight excluding hydrogens is 238 g/mol. The molecule has 1 heterocycles. The minimum Gasteiger partial charge on any atom is -0.330 e. The lowest BCUT2D eigenvalue weighted by Crippen LogP contribution is -2.52. The molecule has 0 amide bonds. The van der Waals surface area contributed by atoms with Gasteiger partial charge in [-0.3, -0.25) is 0 Å². The van der Waals surface area contributed by atoms with Crippen molar-refractivity contribution in [1.82, 2.24) is 0 Å². The molecule has 1 atom stereocenters. The predicted octanol–water partition coefficient (Wildman–Crippen LogP) is 3.53. The zero-order chi connectivity index (χ0) is 12.2. The molecule has 1 nitrogen and oxygen atoms in total. The van der Waals surface area contributed by atoms with Gasteiger partial charge >= 0.3 is 0 Å². The monoisotopic (exact) mass is 265 g/mol. The Morgan fingerprint density at radius 3 is 2.17 bits per heavy atom. The highest BCUT2D eigenvalue weighted by atomic mass is 32.2. The molecule has 1 aliphatic heterocycles. The van der Waals surface area contributed by atoms with Crippen molar-refractivity contribution in [2.75, 3.05) is 18.1 Å². The summed E-state index contributed by atoms with van der Waals surface area (Å²) >= 11 is 2.21. The van der Waals surface area contributed by atoms with Crippen LogP contribution in [0.1, 0.15) is 44.9 Å². The van der Waals surface area contributed by atoms with E-state index in [9.17, 15) is 0 Å². The average Bonchev–Trinajstić information content (AvgIpc) is 2.77. The van der Waals surface area contributed by atoms with Gasteiger partial charge in [0.25, 0.3) is 0 Å². The zero-order valence-electron chi connectivity index (χ0n) is 11.4. The first-order valence-electron chi connectivity index (χ1n) is 8.08. The summed E-state index contributed by atoms with van der Waals surface area (Å²) in [6, 6.07) is 0. The molecule has 0 aromatic rings. The molecule has 4 saturated carbocycles. The fourth-order valence-corrected chi connectivity index (χ4v) is 8.05. The van der Waals surface area contributed by atoms with Crippen molar-refractivity contribution in [2.24, 2.45) is 40.7 Å². The van der Waals surface area contributed by atoms with Gasteiger partial charge in [-0.05, 0) is 98.0 Å². The predicted molar refractivity (Wildman–Crippen MR) is 78.6 cm³/mol. The molecule has 0 aromatic carbocycles. The Kier molecular flexibility index (Phi) is 2.96. The van der Waals surface area contributed by atoms with Gasteiger partial charge in [0.05, 0.1) is 0 Å². The van der Waals surface area contributed by atoms with Crippen LogP contribution in [0.25, 0.3) is 0 Å². The van der Waals surface area contributed by atoms with Crippen molar-refractivity contribution in [3.8, 4) is 0 Å². The Labute approximate surface area is 116 Å². The van der Waals surface area contributed by atoms with Crippen molar-refractivity contribution in [2.45, 2.75) is 44.9 Å². The lowest BCUT2D eigenvalue weighted by Gasteiger charge is -2.59. The summed E-state index contributed by atoms with van der Waals surface area (Å²) in [5.74, 6) is 8.31. The van der Waals surface area contributed by atoms with Crippen LogP contribution < -0.4 is 5.73 Å². The van der Waals surface area contributed by atoms with Gasteiger partial charge < -0.3 is 5.73 Å². The number of nitrogens with two attached hydrogens (primary N) is 1. The highest BCUT2D eigenvalue weighted by Crippen LogP contribution is 2.63. The average molecular weight is 265 g/mol. The van der Waals surface area contributed by atoms with Crippen LogP contribution in [0.5, 0.6) is 0 Å². The van der Waals surface area contributed by atoms with Crippen LogP contribution in [0.2, 0.25) is 0 Å². The maximum atomic E-state index is 5.98. The number of hydrogen-bond acceptors (Lipinski definition) is 2. The standard InChI is InChI=1S/C16H27NS/c17-3-1-16(2-4-18-10-16)15-13-6-11-5-12(8-13)9-14(15)7-11/h11-15H,1-10,17H2. The first-order valence-corrected chi connectivity index (χ1v) is 9.24. The largest absolute Gasteiger partial charge is 0.330 e. The third-order valence-electron chi connectivity index (χ3n) is 6.71. The normalized spacial score (nSPS) is 54.2. The summed E-state index contributed by atoms with van der Waals surface area (Å²) in [7, 11) is 0. The van der Waals surface area contributed by atoms with Crippen LogP contribution in [0, 0.1) is 35.0 Å². The fraction of sp³-hybridized carbons (Fsp3) is 1.00. The van der Waals surface area contributed by atoms with Crippen molar-refractivity contribution in [3.63, 3.8) is 0 Å². The third kappa shape index (κ3) is 1.71. The Hall–Kier alpha value is 0.310. The summed E-state index contributed by atoms with van der Waals surface area (Å²) in [6.07, 6.45) is 10.7. The molecule has 5 fully saturated rings. The van der Waals surface area contributed by atoms with E-state index in [0.717, 1.165) is 36.1 Å². The minimum atomic E-state index is 0.655. The number of thioether (sulfide) groups is 1. The van der Waals surface area contributed by atoms with Crippen LogP contribution >= 0.6 is 11.8 Å². The Balaban J connectivity index is 1.63. The second kappa shape index (κ2) is 4.41. The summed E-state index contributed by atoms with van der Waals surface area (Å²) in [6.45, 7) is 0.920. The van der Waals surface area contributed by atoms with E-state index in [0.29, 0.717) is 5.41 Å². The molecular formula is C16H27NS. The van der Waals surface area contributed by atoms with E-state index in [1.54, 1.807) is 32.1 Å². The van der Waals surface area contributed by atoms with Crippen LogP contribution in [0.3, 0.4) is 0 Å². The van der Waals surface area contributed by atoms with Crippen molar-refractivity contribution < 1.29 is 0 Å². The van der Waals surface area contributed by atoms with Gasteiger partial charge in [-0.1, -0.05) is 0 Å². The molecule has 5 aliphatic rings. The van der Waals surface area contributed by atoms with Crippen molar-refractivity contribution in [3.05, 3.63) is 0 Å². The molecule has 102 valence electrons. The minimum absolute atomic E-state index is 0.655. The Bertz CT molecular complexity index is 293. The molecule has 18 heavy (non-hydrogen) atoms. The SMILES string of the molecule is NCCC1(C2C3CC4CC(C3)CC2C4)CCSC1. The maximum Gasteiger partial charge on any atom is -0.000717 e. The highest BCUT2D eigenvalue weighted by molar-refractivity contribution is 7.99. The number of hydrogen-bond donors (Lipinski definition) is 1. The van der Waals surface area contributed by atoms with Crippen LogP contribution in [0.4, 0.5) is 0 Å². The fourth-order valence-electron chi connectivity index (χ4n) is 6.46. The summed E-state index contributed by atoms with van der Waals surface area (Å²) < 4.78 is 0. The van der Waals surface area contributed by atoms with Crippen molar-refractivity contribution >= 4 is 11.8 Å². The molecule has 1 saturated heterocycles. The smallest absolute Gasteiger partial charge is 0.000717 e. The van der Waals surface area contributed by atoms with Crippen LogP contribution in [-0.4, -0.2) is 18.1 Å². The summed E-state index contributed by atoms with van der Waals surface area (Å²) in [4.78, 5) is 0. The highest BCUT2D eigenvalue weighted by Gasteiger charge is 2.55. The third-order valence-corrected chi connectivity index (χ3v) is 7.98. The van der Waals surface area contributed by atoms with Gasteiger partial charge in [0.1, 0.15) is 0 Å². The van der Waals surface area contributed by atoms with E-state index >= 15 is 0 Å². The van der Waals surface area contributed by atoms with E-state index < -0.39 is 0 Å². The second-order valence-electron chi connectivity index (χ2n) is 7.66. The maximum absolute atomic E-state index is 5.98. The molecule has 2 N–H and O–H groups in total. The molecule has 0 aromatic heterocycles. The van der Waals surface area contributed by atoms with E-state index in [4.69, 9.17) is 5.73 Å². The van der Waals surface area contributed by atoms with Crippen LogP contribution in [0.15, 0.2) is 0 Å². The first kappa shape index (κ1) is 12.1. The molecule has 4 bridgehead atoms. The lowest BCUT2D eigenvalue weighted by molar-refractivity contribution is -0.0911. The Morgan fingerprint density at radius 2 is 1.67 bits per heavy atom. The van der Waals surface area contributed by atoms with Gasteiger partial charge in [0.2, 0.25) is 0 Å². The topological polar surface area (TPSA) is 26.0 Å². The van der Waals surface area contributed by atoms with Gasteiger partial charge in [-0.25, -0.2) is 0 Å². The van der Waals surface area contributed by atoms with Gasteiger partial charge in [-0.2, -0.15) is 11.8 Å². The second-order valence-corrected chi connectivity index (χ2v) is 8.77. The summed E-state index contributed by atoms with van der Waals surface area (Å²) in [5, 5.41) is 0. The zero-order valence-corrected chi connectivity index (χ0v) is 12.3. The van der Waals surface area contributed by atoms with E-state index in [1.165, 1.54) is 24.3 Å². The van der Waals surface area contributed by atoms with E-state index in [1.807, 2.05) is 0 Å². The molecule has 2 heteroatoms. The van der Waals surface area contributed by atoms with Crippen LogP contribution in [-0.2, 0) is 0 Å². The lowest BCUT2D eigenvalue weighted by atomic mass is 9.46. The number of rotatable bonds is 3. The summed E-state index contributed by atoms with van der Waals surface area (Å²) in [5.41, 5.74) is 6.63. The molecule has 0 radical (unpaired) electrons. The van der Waals surface area contributed by atoms with Crippen molar-refractivity contribution in [1.29, 1.82) is 0 Å². The molecule has 1 unspecified atom stereocenters. The molecule has 4 aliphatic carbocycles. The molecule has 0 spiro atoms. The quantitative estimate of drug-likeness (QED) is 0.845. The molecule has 5 rings (SSSR count).